The molecular weight excluding hydrogens is 208 g/mol. The van der Waals surface area contributed by atoms with Crippen molar-refractivity contribution in [2.45, 2.75) is 6.92 Å². The number of nitrogens with zero attached hydrogens (tertiary/aromatic N) is 3. The van der Waals surface area contributed by atoms with Crippen LogP contribution in [-0.4, -0.2) is 25.9 Å². The van der Waals surface area contributed by atoms with Gasteiger partial charge in [0.2, 0.25) is 0 Å². The largest absolute Gasteiger partial charge is 0.396 e. The number of aromatic nitrogens is 4. The molecule has 0 aliphatic carbocycles. The molecule has 0 saturated carbocycles. The molecule has 1 amide bonds. The number of nitrogens with one attached hydrogen (secondary N) is 2. The number of rotatable bonds is 2. The zero-order valence-corrected chi connectivity index (χ0v) is 8.98. The highest BCUT2D eigenvalue weighted by atomic mass is 16.2. The van der Waals surface area contributed by atoms with Crippen molar-refractivity contribution in [3.05, 3.63) is 23.7 Å². The van der Waals surface area contributed by atoms with Crippen LogP contribution in [0.25, 0.3) is 0 Å². The van der Waals surface area contributed by atoms with E-state index in [1.807, 2.05) is 6.92 Å². The minimum absolute atomic E-state index is 0.205. The summed E-state index contributed by atoms with van der Waals surface area (Å²) < 4.78 is 1.49. The van der Waals surface area contributed by atoms with Crippen molar-refractivity contribution in [1.29, 1.82) is 0 Å². The van der Waals surface area contributed by atoms with Gasteiger partial charge in [-0.15, -0.1) is 0 Å². The normalized spacial score (nSPS) is 10.4. The Labute approximate surface area is 91.6 Å². The van der Waals surface area contributed by atoms with Crippen molar-refractivity contribution in [1.82, 2.24) is 20.0 Å². The van der Waals surface area contributed by atoms with Gasteiger partial charge in [0.1, 0.15) is 5.82 Å². The zero-order chi connectivity index (χ0) is 11.7. The summed E-state index contributed by atoms with van der Waals surface area (Å²) in [5.74, 6) is 0.195. The Morgan fingerprint density at radius 1 is 1.62 bits per heavy atom. The first-order valence-corrected chi connectivity index (χ1v) is 4.68. The van der Waals surface area contributed by atoms with E-state index in [0.717, 1.165) is 5.56 Å². The first-order chi connectivity index (χ1) is 7.58. The number of aromatic amines is 1. The molecule has 0 radical (unpaired) electrons. The van der Waals surface area contributed by atoms with Crippen LogP contribution in [0, 0.1) is 6.92 Å². The Kier molecular flexibility index (Phi) is 2.35. The van der Waals surface area contributed by atoms with E-state index < -0.39 is 0 Å². The fourth-order valence-electron chi connectivity index (χ4n) is 1.33. The molecule has 0 atom stereocenters. The minimum Gasteiger partial charge on any atom is -0.396 e. The lowest BCUT2D eigenvalue weighted by Gasteiger charge is -2.01. The molecule has 2 aromatic heterocycles. The molecule has 2 rings (SSSR count). The maximum atomic E-state index is 11.8. The molecule has 84 valence electrons. The molecule has 2 aromatic rings. The summed E-state index contributed by atoms with van der Waals surface area (Å²) in [4.78, 5) is 11.8. The predicted octanol–water partition coefficient (Wildman–Crippen LogP) is 0.286. The maximum absolute atomic E-state index is 11.8. The third-order valence-corrected chi connectivity index (χ3v) is 2.14. The second-order valence-electron chi connectivity index (χ2n) is 3.49. The Morgan fingerprint density at radius 3 is 2.88 bits per heavy atom. The lowest BCUT2D eigenvalue weighted by Crippen LogP contribution is -2.15. The average molecular weight is 220 g/mol. The van der Waals surface area contributed by atoms with Crippen LogP contribution in [0.15, 0.2) is 12.4 Å². The molecule has 7 heteroatoms. The van der Waals surface area contributed by atoms with Gasteiger partial charge >= 0.3 is 0 Å². The second kappa shape index (κ2) is 3.69. The van der Waals surface area contributed by atoms with Crippen LogP contribution in [0.1, 0.15) is 16.1 Å². The van der Waals surface area contributed by atoms with E-state index in [2.05, 4.69) is 20.6 Å². The van der Waals surface area contributed by atoms with Gasteiger partial charge < -0.3 is 11.1 Å². The van der Waals surface area contributed by atoms with Crippen molar-refractivity contribution in [2.75, 3.05) is 11.1 Å². The van der Waals surface area contributed by atoms with Gasteiger partial charge in [0.15, 0.2) is 5.69 Å². The van der Waals surface area contributed by atoms with Gasteiger partial charge in [-0.1, -0.05) is 0 Å². The number of carbonyl (C=O) groups is 1. The fourth-order valence-corrected chi connectivity index (χ4v) is 1.33. The molecule has 0 saturated heterocycles. The number of H-pyrrole nitrogens is 1. The monoisotopic (exact) mass is 220 g/mol. The van der Waals surface area contributed by atoms with Crippen molar-refractivity contribution in [2.24, 2.45) is 7.05 Å². The summed E-state index contributed by atoms with van der Waals surface area (Å²) in [5.41, 5.74) is 7.04. The molecule has 0 spiro atoms. The smallest absolute Gasteiger partial charge is 0.279 e. The van der Waals surface area contributed by atoms with Crippen LogP contribution in [0.3, 0.4) is 0 Å². The summed E-state index contributed by atoms with van der Waals surface area (Å²) >= 11 is 0. The van der Waals surface area contributed by atoms with Gasteiger partial charge in [-0.2, -0.15) is 10.2 Å². The molecule has 2 heterocycles. The second-order valence-corrected chi connectivity index (χ2v) is 3.49. The Bertz CT molecular complexity index is 526. The SMILES string of the molecule is Cc1cn[nH]c1NC(=O)c1nn(C)cc1N. The molecule has 0 aromatic carbocycles. The molecule has 0 aliphatic rings. The van der Waals surface area contributed by atoms with E-state index in [1.165, 1.54) is 4.68 Å². The van der Waals surface area contributed by atoms with Crippen molar-refractivity contribution >= 4 is 17.4 Å². The molecule has 7 nitrogen and oxygen atoms in total. The van der Waals surface area contributed by atoms with Crippen LogP contribution < -0.4 is 11.1 Å². The summed E-state index contributed by atoms with van der Waals surface area (Å²) in [5, 5.41) is 13.1. The summed E-state index contributed by atoms with van der Waals surface area (Å²) in [6, 6.07) is 0. The molecule has 0 fully saturated rings. The quantitative estimate of drug-likeness (QED) is 0.676. The van der Waals surface area contributed by atoms with E-state index in [9.17, 15) is 4.79 Å². The third kappa shape index (κ3) is 1.74. The number of carbonyl (C=O) groups excluding carboxylic acids is 1. The Hall–Kier alpha value is -2.31. The average Bonchev–Trinajstić information content (AvgIpc) is 2.74. The lowest BCUT2D eigenvalue weighted by molar-refractivity contribution is 0.102. The number of nitrogens with two attached hydrogens (primary N) is 1. The maximum Gasteiger partial charge on any atom is 0.279 e. The molecule has 0 aliphatic heterocycles. The van der Waals surface area contributed by atoms with Gasteiger partial charge in [0.25, 0.3) is 5.91 Å². The van der Waals surface area contributed by atoms with E-state index in [-0.39, 0.29) is 11.6 Å². The van der Waals surface area contributed by atoms with Crippen molar-refractivity contribution in [3.63, 3.8) is 0 Å². The van der Waals surface area contributed by atoms with Gasteiger partial charge in [-0.3, -0.25) is 14.6 Å². The van der Waals surface area contributed by atoms with E-state index in [4.69, 9.17) is 5.73 Å². The topological polar surface area (TPSA) is 102 Å². The first kappa shape index (κ1) is 10.2. The lowest BCUT2D eigenvalue weighted by atomic mass is 10.3. The van der Waals surface area contributed by atoms with Gasteiger partial charge in [-0.25, -0.2) is 0 Å². The number of anilines is 2. The number of nitrogen functional groups attached to an aromatic ring is 1. The highest BCUT2D eigenvalue weighted by molar-refractivity contribution is 6.05. The highest BCUT2D eigenvalue weighted by Crippen LogP contribution is 2.13. The molecule has 16 heavy (non-hydrogen) atoms. The van der Waals surface area contributed by atoms with Crippen LogP contribution in [0.4, 0.5) is 11.5 Å². The predicted molar refractivity (Wildman–Crippen MR) is 58.9 cm³/mol. The number of hydrogen-bond acceptors (Lipinski definition) is 4. The number of hydrogen-bond donors (Lipinski definition) is 3. The van der Waals surface area contributed by atoms with E-state index in [1.54, 1.807) is 19.4 Å². The summed E-state index contributed by atoms with van der Waals surface area (Å²) in [6.07, 6.45) is 3.20. The van der Waals surface area contributed by atoms with E-state index in [0.29, 0.717) is 11.5 Å². The molecular formula is C9H12N6O. The van der Waals surface area contributed by atoms with Crippen molar-refractivity contribution < 1.29 is 4.79 Å². The van der Waals surface area contributed by atoms with Gasteiger partial charge in [0.05, 0.1) is 11.9 Å². The van der Waals surface area contributed by atoms with Crippen molar-refractivity contribution in [3.8, 4) is 0 Å². The highest BCUT2D eigenvalue weighted by Gasteiger charge is 2.15. The summed E-state index contributed by atoms with van der Waals surface area (Å²) in [6.45, 7) is 1.83. The fraction of sp³-hybridized carbons (Fsp3) is 0.222. The van der Waals surface area contributed by atoms with Crippen LogP contribution in [0.2, 0.25) is 0 Å². The zero-order valence-electron chi connectivity index (χ0n) is 8.98. The number of amides is 1. The number of aryl methyl sites for hydroxylation is 2. The summed E-state index contributed by atoms with van der Waals surface area (Å²) in [7, 11) is 1.70. The van der Waals surface area contributed by atoms with Crippen LogP contribution in [0.5, 0.6) is 0 Å². The van der Waals surface area contributed by atoms with E-state index >= 15 is 0 Å². The molecule has 4 N–H and O–H groups in total. The molecule has 0 unspecified atom stereocenters. The first-order valence-electron chi connectivity index (χ1n) is 4.68. The molecule has 0 bridgehead atoms. The van der Waals surface area contributed by atoms with Gasteiger partial charge in [-0.05, 0) is 6.92 Å². The minimum atomic E-state index is -0.356. The Balaban J connectivity index is 2.21. The van der Waals surface area contributed by atoms with Gasteiger partial charge in [0, 0.05) is 18.8 Å². The Morgan fingerprint density at radius 2 is 2.38 bits per heavy atom. The standard InChI is InChI=1S/C9H12N6O/c1-5-3-11-13-8(5)12-9(16)7-6(10)4-15(2)14-7/h3-4H,10H2,1-2H3,(H2,11,12,13,16). The van der Waals surface area contributed by atoms with Crippen LogP contribution in [-0.2, 0) is 7.05 Å². The third-order valence-electron chi connectivity index (χ3n) is 2.14. The van der Waals surface area contributed by atoms with Crippen LogP contribution >= 0.6 is 0 Å².